The lowest BCUT2D eigenvalue weighted by molar-refractivity contribution is -0.119. The van der Waals surface area contributed by atoms with Crippen molar-refractivity contribution in [2.24, 2.45) is 5.16 Å². The fourth-order valence-corrected chi connectivity index (χ4v) is 5.45. The van der Waals surface area contributed by atoms with Crippen LogP contribution in [-0.2, 0) is 26.4 Å². The van der Waals surface area contributed by atoms with Crippen LogP contribution < -0.4 is 10.6 Å². The second kappa shape index (κ2) is 8.20. The number of hydrogen-bond acceptors (Lipinski definition) is 4. The van der Waals surface area contributed by atoms with Crippen molar-refractivity contribution in [3.8, 4) is 0 Å². The van der Waals surface area contributed by atoms with Crippen LogP contribution >= 0.6 is 15.9 Å². The van der Waals surface area contributed by atoms with E-state index < -0.39 is 5.54 Å². The summed E-state index contributed by atoms with van der Waals surface area (Å²) in [5.41, 5.74) is 5.39. The van der Waals surface area contributed by atoms with Crippen molar-refractivity contribution in [2.75, 3.05) is 7.11 Å². The summed E-state index contributed by atoms with van der Waals surface area (Å²) in [6, 6.07) is 14.7. The van der Waals surface area contributed by atoms with Gasteiger partial charge in [0.25, 0.3) is 5.91 Å². The number of benzene rings is 2. The number of aryl methyl sites for hydroxylation is 1. The zero-order chi connectivity index (χ0) is 22.3. The molecule has 2 aromatic rings. The van der Waals surface area contributed by atoms with Gasteiger partial charge in [-0.15, -0.1) is 0 Å². The van der Waals surface area contributed by atoms with Crippen molar-refractivity contribution < 1.29 is 14.4 Å². The van der Waals surface area contributed by atoms with Crippen molar-refractivity contribution in [1.82, 2.24) is 10.6 Å². The topological polar surface area (TPSA) is 79.8 Å². The summed E-state index contributed by atoms with van der Waals surface area (Å²) in [5, 5.41) is 9.74. The first kappa shape index (κ1) is 20.9. The number of halogens is 1. The molecule has 1 spiro atoms. The average molecular weight is 494 g/mol. The molecular weight excluding hydrogens is 470 g/mol. The van der Waals surface area contributed by atoms with Crippen molar-refractivity contribution in [3.05, 3.63) is 74.8 Å². The minimum Gasteiger partial charge on any atom is -0.397 e. The number of oxime groups is 1. The molecular formula is C25H24BrN3O3. The molecule has 2 aromatic carbocycles. The first-order valence-corrected chi connectivity index (χ1v) is 11.6. The fourth-order valence-electron chi connectivity index (χ4n) is 5.04. The second-order valence-electron chi connectivity index (χ2n) is 8.65. The smallest absolute Gasteiger partial charge is 0.256 e. The highest BCUT2D eigenvalue weighted by molar-refractivity contribution is 9.10. The van der Waals surface area contributed by atoms with Gasteiger partial charge in [0, 0.05) is 10.9 Å². The van der Waals surface area contributed by atoms with E-state index in [1.165, 1.54) is 31.1 Å². The summed E-state index contributed by atoms with van der Waals surface area (Å²) < 4.78 is 1.03. The van der Waals surface area contributed by atoms with Gasteiger partial charge < -0.3 is 15.5 Å². The number of amidine groups is 1. The zero-order valence-electron chi connectivity index (χ0n) is 17.8. The van der Waals surface area contributed by atoms with Gasteiger partial charge in [-0.05, 0) is 71.6 Å². The maximum Gasteiger partial charge on any atom is 0.256 e. The normalized spacial score (nSPS) is 22.6. The van der Waals surface area contributed by atoms with E-state index in [-0.39, 0.29) is 11.7 Å². The van der Waals surface area contributed by atoms with Crippen molar-refractivity contribution in [2.45, 2.75) is 43.6 Å². The van der Waals surface area contributed by atoms with E-state index in [4.69, 9.17) is 4.84 Å². The van der Waals surface area contributed by atoms with Crippen molar-refractivity contribution >= 4 is 39.7 Å². The molecule has 0 bridgehead atoms. The maximum atomic E-state index is 13.5. The molecule has 6 nitrogen and oxygen atoms in total. The van der Waals surface area contributed by atoms with Crippen molar-refractivity contribution in [1.29, 1.82) is 0 Å². The number of fused-ring (bicyclic) bond motifs is 2. The van der Waals surface area contributed by atoms with Crippen molar-refractivity contribution in [3.63, 3.8) is 0 Å². The third kappa shape index (κ3) is 3.64. The summed E-state index contributed by atoms with van der Waals surface area (Å²) in [5.74, 6) is 0.504. The Morgan fingerprint density at radius 3 is 2.72 bits per heavy atom. The van der Waals surface area contributed by atoms with Gasteiger partial charge in [0.1, 0.15) is 7.11 Å². The molecule has 1 atom stereocenters. The Bertz CT molecular complexity index is 1150. The lowest BCUT2D eigenvalue weighted by atomic mass is 9.77. The molecule has 1 saturated carbocycles. The van der Waals surface area contributed by atoms with Crippen LogP contribution in [-0.4, -0.2) is 25.3 Å². The summed E-state index contributed by atoms with van der Waals surface area (Å²) >= 11 is 3.56. The van der Waals surface area contributed by atoms with Gasteiger partial charge >= 0.3 is 0 Å². The van der Waals surface area contributed by atoms with Crippen LogP contribution in [0.2, 0.25) is 0 Å². The van der Waals surface area contributed by atoms with E-state index in [1.807, 2.05) is 6.07 Å². The zero-order valence-corrected chi connectivity index (χ0v) is 19.4. The molecule has 2 N–H and O–H groups in total. The van der Waals surface area contributed by atoms with Gasteiger partial charge in [-0.3, -0.25) is 9.59 Å². The quantitative estimate of drug-likeness (QED) is 0.284. The Morgan fingerprint density at radius 2 is 2.03 bits per heavy atom. The van der Waals surface area contributed by atoms with E-state index in [2.05, 4.69) is 68.1 Å². The minimum absolute atomic E-state index is 0.116. The molecule has 0 radical (unpaired) electrons. The molecule has 5 rings (SSSR count). The SMILES string of the molecule is CO/N=C(\NC=O)C1=C(c2ccc(C3CC3)cc2)C[C@]2(CCc3cc(Br)ccc32)NC1=O. The molecule has 1 heterocycles. The molecule has 7 heteroatoms. The molecule has 0 saturated heterocycles. The van der Waals surface area contributed by atoms with E-state index in [0.717, 1.165) is 34.0 Å². The van der Waals surface area contributed by atoms with Crippen LogP contribution in [0, 0.1) is 0 Å². The number of rotatable bonds is 5. The lowest BCUT2D eigenvalue weighted by Gasteiger charge is -2.38. The van der Waals surface area contributed by atoms with E-state index in [0.29, 0.717) is 24.3 Å². The number of nitrogens with one attached hydrogen (secondary N) is 2. The van der Waals surface area contributed by atoms with E-state index >= 15 is 0 Å². The molecule has 2 aliphatic carbocycles. The monoisotopic (exact) mass is 493 g/mol. The Morgan fingerprint density at radius 1 is 1.25 bits per heavy atom. The van der Waals surface area contributed by atoms with Crippen LogP contribution in [0.3, 0.4) is 0 Å². The molecule has 1 fully saturated rings. The minimum atomic E-state index is -0.486. The molecule has 0 aromatic heterocycles. The molecule has 0 unspecified atom stereocenters. The first-order valence-electron chi connectivity index (χ1n) is 10.8. The summed E-state index contributed by atoms with van der Waals surface area (Å²) in [6.07, 6.45) is 5.30. The first-order chi connectivity index (χ1) is 15.5. The predicted molar refractivity (Wildman–Crippen MR) is 126 cm³/mol. The standard InChI is InChI=1S/C25H24BrN3O3/c1-32-29-23(27-14-30)22-20(17-6-4-16(5-7-17)15-2-3-15)13-25(28-24(22)31)11-10-18-12-19(26)8-9-21(18)25/h4-9,12,14-15H,2-3,10-11,13H2,1H3,(H,28,31)(H,27,29,30)/t25-/m0/s1. The van der Waals surface area contributed by atoms with E-state index in [9.17, 15) is 9.59 Å². The fraction of sp³-hybridized carbons (Fsp3) is 0.320. The number of carbonyl (C=O) groups excluding carboxylic acids is 2. The Hall–Kier alpha value is -2.93. The Kier molecular flexibility index (Phi) is 5.37. The Labute approximate surface area is 195 Å². The predicted octanol–water partition coefficient (Wildman–Crippen LogP) is 4.15. The third-order valence-corrected chi connectivity index (χ3v) is 7.18. The van der Waals surface area contributed by atoms with Crippen LogP contribution in [0.25, 0.3) is 5.57 Å². The lowest BCUT2D eigenvalue weighted by Crippen LogP contribution is -2.50. The highest BCUT2D eigenvalue weighted by atomic mass is 79.9. The highest BCUT2D eigenvalue weighted by Crippen LogP contribution is 2.47. The summed E-state index contributed by atoms with van der Waals surface area (Å²) in [6.45, 7) is 0. The number of amides is 2. The van der Waals surface area contributed by atoms with Gasteiger partial charge in [-0.25, -0.2) is 0 Å². The van der Waals surface area contributed by atoms with E-state index in [1.54, 1.807) is 0 Å². The number of hydrogen-bond donors (Lipinski definition) is 2. The Balaban J connectivity index is 1.64. The average Bonchev–Trinajstić information content (AvgIpc) is 3.58. The maximum absolute atomic E-state index is 13.5. The second-order valence-corrected chi connectivity index (χ2v) is 9.56. The number of nitrogens with zero attached hydrogens (tertiary/aromatic N) is 1. The van der Waals surface area contributed by atoms with Gasteiger partial charge in [-0.2, -0.15) is 0 Å². The van der Waals surface area contributed by atoms with Crippen LogP contribution in [0.15, 0.2) is 57.7 Å². The number of carbonyl (C=O) groups is 2. The molecule has 3 aliphatic rings. The van der Waals surface area contributed by atoms with Crippen LogP contribution in [0.4, 0.5) is 0 Å². The van der Waals surface area contributed by atoms with Gasteiger partial charge in [0.05, 0.1) is 11.1 Å². The summed E-state index contributed by atoms with van der Waals surface area (Å²) in [7, 11) is 1.39. The van der Waals surface area contributed by atoms with Crippen LogP contribution in [0.5, 0.6) is 0 Å². The summed E-state index contributed by atoms with van der Waals surface area (Å²) in [4.78, 5) is 29.7. The highest BCUT2D eigenvalue weighted by Gasteiger charge is 2.46. The third-order valence-electron chi connectivity index (χ3n) is 6.69. The molecule has 2 amide bonds. The van der Waals surface area contributed by atoms with Crippen LogP contribution in [0.1, 0.15) is 53.9 Å². The van der Waals surface area contributed by atoms with Gasteiger partial charge in [0.2, 0.25) is 6.41 Å². The molecule has 32 heavy (non-hydrogen) atoms. The van der Waals surface area contributed by atoms with Gasteiger partial charge in [-0.1, -0.05) is 51.4 Å². The molecule has 164 valence electrons. The van der Waals surface area contributed by atoms with Gasteiger partial charge in [0.15, 0.2) is 5.84 Å². The molecule has 1 aliphatic heterocycles. The largest absolute Gasteiger partial charge is 0.397 e.